The molecular weight excluding hydrogens is 449 g/mol. The lowest BCUT2D eigenvalue weighted by Crippen LogP contribution is -2.42. The number of benzene rings is 1. The SMILES string of the molecule is I.NC(=NCc1cc(Cl)c2c(c1)OCCCO2)N1CCSCC1. The van der Waals surface area contributed by atoms with Gasteiger partial charge in [0.25, 0.3) is 0 Å². The molecule has 0 atom stereocenters. The maximum absolute atomic E-state index is 6.29. The fourth-order valence-electron chi connectivity index (χ4n) is 2.44. The lowest BCUT2D eigenvalue weighted by atomic mass is 10.2. The Labute approximate surface area is 162 Å². The van der Waals surface area contributed by atoms with Gasteiger partial charge in [-0.05, 0) is 17.7 Å². The van der Waals surface area contributed by atoms with Gasteiger partial charge in [0.15, 0.2) is 17.5 Å². The number of hydrogen-bond acceptors (Lipinski definition) is 4. The predicted molar refractivity (Wildman–Crippen MR) is 107 cm³/mol. The van der Waals surface area contributed by atoms with E-state index in [1.165, 1.54) is 0 Å². The molecular formula is C15H21ClIN3O2S. The van der Waals surface area contributed by atoms with Crippen molar-refractivity contribution < 1.29 is 9.47 Å². The van der Waals surface area contributed by atoms with Gasteiger partial charge in [-0.15, -0.1) is 24.0 Å². The molecule has 3 rings (SSSR count). The van der Waals surface area contributed by atoms with Gasteiger partial charge in [0.2, 0.25) is 0 Å². The van der Waals surface area contributed by atoms with Crippen molar-refractivity contribution in [3.63, 3.8) is 0 Å². The van der Waals surface area contributed by atoms with Crippen molar-refractivity contribution in [3.8, 4) is 11.5 Å². The van der Waals surface area contributed by atoms with Crippen LogP contribution in [-0.4, -0.2) is 48.7 Å². The molecule has 2 heterocycles. The van der Waals surface area contributed by atoms with Crippen LogP contribution in [0.25, 0.3) is 0 Å². The molecule has 23 heavy (non-hydrogen) atoms. The fourth-order valence-corrected chi connectivity index (χ4v) is 3.63. The highest BCUT2D eigenvalue weighted by molar-refractivity contribution is 14.0. The highest BCUT2D eigenvalue weighted by Crippen LogP contribution is 2.38. The van der Waals surface area contributed by atoms with E-state index >= 15 is 0 Å². The summed E-state index contributed by atoms with van der Waals surface area (Å²) < 4.78 is 11.3. The molecule has 0 aromatic heterocycles. The number of halogens is 2. The molecule has 5 nitrogen and oxygen atoms in total. The summed E-state index contributed by atoms with van der Waals surface area (Å²) in [7, 11) is 0. The summed E-state index contributed by atoms with van der Waals surface area (Å²) in [5, 5.41) is 0.567. The van der Waals surface area contributed by atoms with E-state index in [1.54, 1.807) is 0 Å². The lowest BCUT2D eigenvalue weighted by Gasteiger charge is -2.27. The third kappa shape index (κ3) is 4.96. The largest absolute Gasteiger partial charge is 0.489 e. The zero-order valence-corrected chi connectivity index (χ0v) is 16.7. The van der Waals surface area contributed by atoms with E-state index in [-0.39, 0.29) is 24.0 Å². The molecule has 0 amide bonds. The van der Waals surface area contributed by atoms with E-state index in [1.807, 2.05) is 23.9 Å². The van der Waals surface area contributed by atoms with Crippen molar-refractivity contribution in [2.24, 2.45) is 10.7 Å². The van der Waals surface area contributed by atoms with Crippen LogP contribution in [0.2, 0.25) is 5.02 Å². The average molecular weight is 470 g/mol. The van der Waals surface area contributed by atoms with E-state index in [9.17, 15) is 0 Å². The Kier molecular flexibility index (Phi) is 7.42. The van der Waals surface area contributed by atoms with E-state index in [2.05, 4.69) is 9.89 Å². The van der Waals surface area contributed by atoms with Crippen LogP contribution in [0.3, 0.4) is 0 Å². The summed E-state index contributed by atoms with van der Waals surface area (Å²) in [6.07, 6.45) is 0.860. The summed E-state index contributed by atoms with van der Waals surface area (Å²) in [5.41, 5.74) is 7.05. The highest BCUT2D eigenvalue weighted by Gasteiger charge is 2.16. The zero-order valence-electron chi connectivity index (χ0n) is 12.8. The van der Waals surface area contributed by atoms with E-state index in [0.717, 1.165) is 36.6 Å². The third-order valence-electron chi connectivity index (χ3n) is 3.62. The van der Waals surface area contributed by atoms with Gasteiger partial charge in [-0.3, -0.25) is 0 Å². The number of hydrogen-bond donors (Lipinski definition) is 1. The minimum atomic E-state index is 0. The average Bonchev–Trinajstić information content (AvgIpc) is 2.79. The van der Waals surface area contributed by atoms with Crippen molar-refractivity contribution in [1.29, 1.82) is 0 Å². The fraction of sp³-hybridized carbons (Fsp3) is 0.533. The molecule has 128 valence electrons. The number of thioether (sulfide) groups is 1. The van der Waals surface area contributed by atoms with Gasteiger partial charge < -0.3 is 20.1 Å². The Morgan fingerprint density at radius 3 is 2.78 bits per heavy atom. The number of fused-ring (bicyclic) bond motifs is 1. The topological polar surface area (TPSA) is 60.1 Å². The van der Waals surface area contributed by atoms with Crippen LogP contribution in [0, 0.1) is 0 Å². The number of nitrogens with zero attached hydrogens (tertiary/aromatic N) is 2. The van der Waals surface area contributed by atoms with Crippen LogP contribution in [0.1, 0.15) is 12.0 Å². The van der Waals surface area contributed by atoms with Crippen molar-refractivity contribution in [2.45, 2.75) is 13.0 Å². The smallest absolute Gasteiger partial charge is 0.191 e. The number of aliphatic imine (C=N–C) groups is 1. The first-order valence-electron chi connectivity index (χ1n) is 7.44. The monoisotopic (exact) mass is 469 g/mol. The van der Waals surface area contributed by atoms with Gasteiger partial charge in [-0.2, -0.15) is 11.8 Å². The first-order valence-corrected chi connectivity index (χ1v) is 8.98. The molecule has 1 aromatic rings. The Balaban J connectivity index is 0.00000192. The first-order chi connectivity index (χ1) is 10.7. The molecule has 0 unspecified atom stereocenters. The minimum Gasteiger partial charge on any atom is -0.489 e. The molecule has 2 aliphatic heterocycles. The number of nitrogens with two attached hydrogens (primary N) is 1. The van der Waals surface area contributed by atoms with Gasteiger partial charge in [0.1, 0.15) is 0 Å². The molecule has 8 heteroatoms. The summed E-state index contributed by atoms with van der Waals surface area (Å²) >= 11 is 8.24. The Hall–Kier alpha value is -0.540. The second kappa shape index (κ2) is 9.08. The minimum absolute atomic E-state index is 0. The van der Waals surface area contributed by atoms with Gasteiger partial charge in [-0.25, -0.2) is 4.99 Å². The second-order valence-electron chi connectivity index (χ2n) is 5.23. The third-order valence-corrected chi connectivity index (χ3v) is 4.84. The standard InChI is InChI=1S/C15H20ClN3O2S.HI/c16-12-8-11(9-13-14(12)21-5-1-4-20-13)10-18-15(17)19-2-6-22-7-3-19;/h8-9H,1-7,10H2,(H2,17,18);1H. The molecule has 1 fully saturated rings. The summed E-state index contributed by atoms with van der Waals surface area (Å²) in [5.74, 6) is 4.14. The van der Waals surface area contributed by atoms with E-state index in [0.29, 0.717) is 42.2 Å². The zero-order chi connectivity index (χ0) is 15.4. The van der Waals surface area contributed by atoms with Crippen molar-refractivity contribution >= 4 is 53.3 Å². The predicted octanol–water partition coefficient (Wildman–Crippen LogP) is 2.98. The van der Waals surface area contributed by atoms with Crippen LogP contribution in [0.5, 0.6) is 11.5 Å². The highest BCUT2D eigenvalue weighted by atomic mass is 127. The lowest BCUT2D eigenvalue weighted by molar-refractivity contribution is 0.297. The van der Waals surface area contributed by atoms with Gasteiger partial charge in [-0.1, -0.05) is 11.6 Å². The summed E-state index contributed by atoms with van der Waals surface area (Å²) in [4.78, 5) is 6.61. The Morgan fingerprint density at radius 1 is 1.26 bits per heavy atom. The van der Waals surface area contributed by atoms with Gasteiger partial charge >= 0.3 is 0 Å². The molecule has 1 saturated heterocycles. The van der Waals surface area contributed by atoms with Crippen molar-refractivity contribution in [1.82, 2.24) is 4.90 Å². The Bertz CT molecular complexity index is 568. The van der Waals surface area contributed by atoms with Crippen LogP contribution >= 0.6 is 47.3 Å². The van der Waals surface area contributed by atoms with Crippen LogP contribution in [-0.2, 0) is 6.54 Å². The quantitative estimate of drug-likeness (QED) is 0.410. The molecule has 2 aliphatic rings. The summed E-state index contributed by atoms with van der Waals surface area (Å²) in [6.45, 7) is 3.68. The Morgan fingerprint density at radius 2 is 2.00 bits per heavy atom. The second-order valence-corrected chi connectivity index (χ2v) is 6.86. The van der Waals surface area contributed by atoms with Crippen LogP contribution < -0.4 is 15.2 Å². The van der Waals surface area contributed by atoms with Gasteiger partial charge in [0, 0.05) is 31.0 Å². The molecule has 0 bridgehead atoms. The first kappa shape index (κ1) is 18.8. The molecule has 1 aromatic carbocycles. The van der Waals surface area contributed by atoms with Crippen molar-refractivity contribution in [3.05, 3.63) is 22.7 Å². The summed E-state index contributed by atoms with van der Waals surface area (Å²) in [6, 6.07) is 3.81. The number of ether oxygens (including phenoxy) is 2. The van der Waals surface area contributed by atoms with Gasteiger partial charge in [0.05, 0.1) is 24.8 Å². The molecule has 2 N–H and O–H groups in total. The normalized spacial score (nSPS) is 18.1. The number of rotatable bonds is 2. The number of guanidine groups is 1. The molecule has 0 aliphatic carbocycles. The maximum atomic E-state index is 6.29. The maximum Gasteiger partial charge on any atom is 0.191 e. The van der Waals surface area contributed by atoms with Crippen molar-refractivity contribution in [2.75, 3.05) is 37.8 Å². The molecule has 0 saturated carbocycles. The molecule has 0 radical (unpaired) electrons. The molecule has 0 spiro atoms. The van der Waals surface area contributed by atoms with E-state index in [4.69, 9.17) is 26.8 Å². The van der Waals surface area contributed by atoms with Crippen LogP contribution in [0.15, 0.2) is 17.1 Å². The van der Waals surface area contributed by atoms with Crippen LogP contribution in [0.4, 0.5) is 0 Å². The van der Waals surface area contributed by atoms with E-state index < -0.39 is 0 Å².